The molecule has 1 aromatic carbocycles. The molecule has 1 heterocycles. The molecule has 0 aromatic heterocycles. The lowest BCUT2D eigenvalue weighted by Gasteiger charge is -2.21. The van der Waals surface area contributed by atoms with E-state index in [0.717, 1.165) is 19.6 Å². The topological polar surface area (TPSA) is 35.6 Å². The fourth-order valence-electron chi connectivity index (χ4n) is 2.77. The molecule has 20 heavy (non-hydrogen) atoms. The Balaban J connectivity index is 1.77. The number of amides is 1. The molecule has 4 nitrogen and oxygen atoms in total. The van der Waals surface area contributed by atoms with Crippen LogP contribution >= 0.6 is 0 Å². The lowest BCUT2D eigenvalue weighted by Crippen LogP contribution is -2.37. The Morgan fingerprint density at radius 1 is 1.40 bits per heavy atom. The van der Waals surface area contributed by atoms with Crippen molar-refractivity contribution >= 4 is 5.91 Å². The van der Waals surface area contributed by atoms with Gasteiger partial charge in [0.15, 0.2) is 0 Å². The van der Waals surface area contributed by atoms with Crippen LogP contribution in [0, 0.1) is 5.92 Å². The van der Waals surface area contributed by atoms with Crippen molar-refractivity contribution in [1.29, 1.82) is 0 Å². The van der Waals surface area contributed by atoms with Gasteiger partial charge in [0.1, 0.15) is 0 Å². The predicted molar refractivity (Wildman–Crippen MR) is 81.4 cm³/mol. The second-order valence-electron chi connectivity index (χ2n) is 5.68. The maximum atomic E-state index is 12.2. The average Bonchev–Trinajstić information content (AvgIpc) is 2.87. The fraction of sp³-hybridized carbons (Fsp3) is 0.562. The summed E-state index contributed by atoms with van der Waals surface area (Å²) >= 11 is 0. The van der Waals surface area contributed by atoms with E-state index in [1.54, 1.807) is 0 Å². The van der Waals surface area contributed by atoms with Crippen molar-refractivity contribution in [2.24, 2.45) is 5.92 Å². The van der Waals surface area contributed by atoms with Gasteiger partial charge in [0.2, 0.25) is 5.91 Å². The smallest absolute Gasteiger partial charge is 0.236 e. The van der Waals surface area contributed by atoms with Gasteiger partial charge in [-0.1, -0.05) is 30.3 Å². The summed E-state index contributed by atoms with van der Waals surface area (Å²) in [7, 11) is 3.87. The minimum absolute atomic E-state index is 0.207. The largest absolute Gasteiger partial charge is 0.340 e. The number of hydrogen-bond acceptors (Lipinski definition) is 3. The van der Waals surface area contributed by atoms with Gasteiger partial charge >= 0.3 is 0 Å². The van der Waals surface area contributed by atoms with Crippen LogP contribution in [-0.4, -0.2) is 56.0 Å². The molecule has 1 aliphatic rings. The molecule has 0 spiro atoms. The predicted octanol–water partition coefficient (Wildman–Crippen LogP) is 1.19. The normalized spacial score (nSPS) is 19.2. The number of hydrogen-bond donors (Lipinski definition) is 1. The van der Waals surface area contributed by atoms with Gasteiger partial charge < -0.3 is 10.2 Å². The quantitative estimate of drug-likeness (QED) is 0.847. The van der Waals surface area contributed by atoms with E-state index in [4.69, 9.17) is 0 Å². The number of carbonyl (C=O) groups excluding carboxylic acids is 1. The summed E-state index contributed by atoms with van der Waals surface area (Å²) < 4.78 is 0. The lowest BCUT2D eigenvalue weighted by atomic mass is 10.1. The highest BCUT2D eigenvalue weighted by atomic mass is 16.2. The van der Waals surface area contributed by atoms with E-state index in [-0.39, 0.29) is 5.91 Å². The van der Waals surface area contributed by atoms with Crippen LogP contribution in [0.5, 0.6) is 0 Å². The number of nitrogens with zero attached hydrogens (tertiary/aromatic N) is 2. The number of likely N-dealkylation sites (tertiary alicyclic amines) is 1. The third kappa shape index (κ3) is 4.32. The van der Waals surface area contributed by atoms with Crippen LogP contribution in [0.15, 0.2) is 30.3 Å². The standard InChI is InChI=1S/C16H25N3O/c1-17-10-15-8-9-19(12-15)13-16(20)18(2)11-14-6-4-3-5-7-14/h3-7,15,17H,8-13H2,1-2H3. The Morgan fingerprint density at radius 2 is 2.15 bits per heavy atom. The second-order valence-corrected chi connectivity index (χ2v) is 5.68. The highest BCUT2D eigenvalue weighted by Crippen LogP contribution is 2.15. The number of nitrogens with one attached hydrogen (secondary N) is 1. The van der Waals surface area contributed by atoms with E-state index in [9.17, 15) is 4.79 Å². The van der Waals surface area contributed by atoms with Gasteiger partial charge in [-0.3, -0.25) is 9.69 Å². The van der Waals surface area contributed by atoms with E-state index in [0.29, 0.717) is 19.0 Å². The fourth-order valence-corrected chi connectivity index (χ4v) is 2.77. The van der Waals surface area contributed by atoms with Gasteiger partial charge in [-0.05, 0) is 38.0 Å². The molecule has 1 N–H and O–H groups in total. The van der Waals surface area contributed by atoms with Crippen LogP contribution in [0.3, 0.4) is 0 Å². The number of carbonyl (C=O) groups is 1. The zero-order chi connectivity index (χ0) is 14.4. The summed E-state index contributed by atoms with van der Waals surface area (Å²) in [6, 6.07) is 10.1. The van der Waals surface area contributed by atoms with Crippen LogP contribution in [-0.2, 0) is 11.3 Å². The first kappa shape index (κ1) is 15.0. The molecule has 4 heteroatoms. The van der Waals surface area contributed by atoms with Crippen molar-refractivity contribution in [2.45, 2.75) is 13.0 Å². The SMILES string of the molecule is CNCC1CCN(CC(=O)N(C)Cc2ccccc2)C1. The zero-order valence-electron chi connectivity index (χ0n) is 12.5. The van der Waals surface area contributed by atoms with Crippen molar-refractivity contribution in [3.63, 3.8) is 0 Å². The Labute approximate surface area is 121 Å². The van der Waals surface area contributed by atoms with Crippen molar-refractivity contribution in [2.75, 3.05) is 40.3 Å². The molecule has 0 aliphatic carbocycles. The summed E-state index contributed by atoms with van der Waals surface area (Å²) in [4.78, 5) is 16.3. The lowest BCUT2D eigenvalue weighted by molar-refractivity contribution is -0.131. The molecule has 1 amide bonds. The van der Waals surface area contributed by atoms with Crippen molar-refractivity contribution in [3.05, 3.63) is 35.9 Å². The molecule has 0 radical (unpaired) electrons. The van der Waals surface area contributed by atoms with E-state index in [2.05, 4.69) is 22.3 Å². The number of benzene rings is 1. The molecule has 1 fully saturated rings. The van der Waals surface area contributed by atoms with Gasteiger partial charge in [-0.25, -0.2) is 0 Å². The summed E-state index contributed by atoms with van der Waals surface area (Å²) in [5.74, 6) is 0.895. The van der Waals surface area contributed by atoms with E-state index >= 15 is 0 Å². The molecular weight excluding hydrogens is 250 g/mol. The monoisotopic (exact) mass is 275 g/mol. The number of rotatable bonds is 6. The zero-order valence-corrected chi connectivity index (χ0v) is 12.5. The minimum atomic E-state index is 0.207. The van der Waals surface area contributed by atoms with Crippen molar-refractivity contribution in [3.8, 4) is 0 Å². The molecule has 0 saturated carbocycles. The highest BCUT2D eigenvalue weighted by molar-refractivity contribution is 5.78. The number of likely N-dealkylation sites (N-methyl/N-ethyl adjacent to an activating group) is 1. The third-order valence-corrected chi connectivity index (χ3v) is 3.91. The van der Waals surface area contributed by atoms with Crippen molar-refractivity contribution < 1.29 is 4.79 Å². The summed E-state index contributed by atoms with van der Waals surface area (Å²) in [5, 5.41) is 3.22. The molecule has 2 rings (SSSR count). The van der Waals surface area contributed by atoms with Crippen LogP contribution in [0.1, 0.15) is 12.0 Å². The van der Waals surface area contributed by atoms with E-state index in [1.807, 2.05) is 37.2 Å². The minimum Gasteiger partial charge on any atom is -0.340 e. The molecule has 110 valence electrons. The molecule has 1 unspecified atom stereocenters. The maximum absolute atomic E-state index is 12.2. The first-order valence-electron chi connectivity index (χ1n) is 7.34. The Morgan fingerprint density at radius 3 is 2.85 bits per heavy atom. The maximum Gasteiger partial charge on any atom is 0.236 e. The van der Waals surface area contributed by atoms with E-state index < -0.39 is 0 Å². The molecule has 0 bridgehead atoms. The summed E-state index contributed by atoms with van der Waals surface area (Å²) in [6.07, 6.45) is 1.19. The average molecular weight is 275 g/mol. The van der Waals surface area contributed by atoms with Crippen LogP contribution in [0.4, 0.5) is 0 Å². The first-order chi connectivity index (χ1) is 9.69. The summed E-state index contributed by atoms with van der Waals surface area (Å²) in [5.41, 5.74) is 1.18. The molecule has 1 aliphatic heterocycles. The van der Waals surface area contributed by atoms with E-state index in [1.165, 1.54) is 12.0 Å². The Bertz CT molecular complexity index is 421. The third-order valence-electron chi connectivity index (χ3n) is 3.91. The van der Waals surface area contributed by atoms with Gasteiger partial charge in [0.25, 0.3) is 0 Å². The Kier molecular flexibility index (Phi) is 5.56. The van der Waals surface area contributed by atoms with Gasteiger partial charge in [-0.15, -0.1) is 0 Å². The van der Waals surface area contributed by atoms with Gasteiger partial charge in [0, 0.05) is 20.1 Å². The first-order valence-corrected chi connectivity index (χ1v) is 7.34. The molecule has 1 saturated heterocycles. The van der Waals surface area contributed by atoms with Crippen LogP contribution in [0.2, 0.25) is 0 Å². The van der Waals surface area contributed by atoms with Crippen LogP contribution < -0.4 is 5.32 Å². The van der Waals surface area contributed by atoms with Crippen LogP contribution in [0.25, 0.3) is 0 Å². The highest BCUT2D eigenvalue weighted by Gasteiger charge is 2.24. The molecular formula is C16H25N3O. The van der Waals surface area contributed by atoms with Gasteiger partial charge in [0.05, 0.1) is 6.54 Å². The van der Waals surface area contributed by atoms with Gasteiger partial charge in [-0.2, -0.15) is 0 Å². The van der Waals surface area contributed by atoms with Crippen molar-refractivity contribution in [1.82, 2.24) is 15.1 Å². The second kappa shape index (κ2) is 7.41. The molecule has 1 atom stereocenters. The molecule has 1 aromatic rings. The Hall–Kier alpha value is -1.39. The summed E-state index contributed by atoms with van der Waals surface area (Å²) in [6.45, 7) is 4.35.